The van der Waals surface area contributed by atoms with E-state index in [-0.39, 0.29) is 10.8 Å². The summed E-state index contributed by atoms with van der Waals surface area (Å²) in [6.45, 7) is 13.3. The second kappa shape index (κ2) is 8.29. The van der Waals surface area contributed by atoms with Crippen molar-refractivity contribution >= 4 is 23.1 Å². The normalized spacial score (nSPS) is 34.9. The molecule has 5 atom stereocenters. The summed E-state index contributed by atoms with van der Waals surface area (Å²) >= 11 is 0. The minimum absolute atomic E-state index is 0.164. The van der Waals surface area contributed by atoms with Gasteiger partial charge in [0.1, 0.15) is 6.33 Å². The number of nitrogens with zero attached hydrogens (tertiary/aromatic N) is 3. The lowest BCUT2D eigenvalue weighted by Crippen LogP contribution is -3.03. The quantitative estimate of drug-likeness (QED) is 0.686. The van der Waals surface area contributed by atoms with E-state index in [4.69, 9.17) is 5.73 Å². The maximum atomic E-state index is 12.5. The molecular weight excluding hydrogens is 398 g/mol. The van der Waals surface area contributed by atoms with E-state index in [9.17, 15) is 4.79 Å². The van der Waals surface area contributed by atoms with Crippen LogP contribution in [-0.4, -0.2) is 36.0 Å². The molecule has 3 N–H and O–H groups in total. The number of nitrogens with two attached hydrogens (primary N) is 1. The van der Waals surface area contributed by atoms with Crippen LogP contribution >= 0.6 is 0 Å². The lowest BCUT2D eigenvalue weighted by molar-refractivity contribution is -0.805. The average Bonchev–Trinajstić information content (AvgIpc) is 3.07. The molecule has 174 valence electrons. The van der Waals surface area contributed by atoms with Crippen LogP contribution < -0.4 is 15.5 Å². The number of anilines is 2. The molecule has 1 unspecified atom stereocenters. The number of allylic oxidation sites excluding steroid dienone is 3. The Morgan fingerprint density at radius 3 is 2.88 bits per heavy atom. The molecule has 1 aliphatic heterocycles. The van der Waals surface area contributed by atoms with Gasteiger partial charge in [-0.1, -0.05) is 38.0 Å². The lowest BCUT2D eigenvalue weighted by atomic mass is 9.47. The molecule has 4 rings (SSSR count). The van der Waals surface area contributed by atoms with E-state index < -0.39 is 0 Å². The molecule has 1 fully saturated rings. The Morgan fingerprint density at radius 1 is 1.38 bits per heavy atom. The molecule has 32 heavy (non-hydrogen) atoms. The van der Waals surface area contributed by atoms with Crippen molar-refractivity contribution in [3.63, 3.8) is 0 Å². The molecule has 6 heteroatoms. The fraction of sp³-hybridized carbons (Fsp3) is 0.654. The van der Waals surface area contributed by atoms with Crippen LogP contribution in [0.4, 0.5) is 17.3 Å². The highest BCUT2D eigenvalue weighted by Gasteiger charge is 2.54. The Bertz CT molecular complexity index is 969. The van der Waals surface area contributed by atoms with Gasteiger partial charge in [0.2, 0.25) is 0 Å². The summed E-state index contributed by atoms with van der Waals surface area (Å²) in [6, 6.07) is 0. The summed E-state index contributed by atoms with van der Waals surface area (Å²) in [6.07, 6.45) is 11.1. The van der Waals surface area contributed by atoms with Crippen molar-refractivity contribution in [1.29, 1.82) is 0 Å². The first-order chi connectivity index (χ1) is 15.1. The molecule has 1 aromatic heterocycles. The maximum absolute atomic E-state index is 12.5. The van der Waals surface area contributed by atoms with Crippen molar-refractivity contribution in [1.82, 2.24) is 9.97 Å². The van der Waals surface area contributed by atoms with Crippen molar-refractivity contribution in [3.8, 4) is 0 Å². The summed E-state index contributed by atoms with van der Waals surface area (Å²) in [5.74, 6) is 2.93. The maximum Gasteiger partial charge on any atom is 0.256 e. The molecule has 0 radical (unpaired) electrons. The van der Waals surface area contributed by atoms with Gasteiger partial charge in [0.25, 0.3) is 5.82 Å². The highest BCUT2D eigenvalue weighted by Crippen LogP contribution is 2.61. The molecule has 0 aromatic carbocycles. The zero-order valence-electron chi connectivity index (χ0n) is 20.7. The first-order valence-electron chi connectivity index (χ1n) is 12.1. The van der Waals surface area contributed by atoms with E-state index in [1.54, 1.807) is 6.33 Å². The highest BCUT2D eigenvalue weighted by molar-refractivity contribution is 5.92. The van der Waals surface area contributed by atoms with Crippen molar-refractivity contribution in [3.05, 3.63) is 29.6 Å². The predicted octanol–water partition coefficient (Wildman–Crippen LogP) is 3.69. The van der Waals surface area contributed by atoms with Gasteiger partial charge in [0.05, 0.1) is 7.05 Å². The van der Waals surface area contributed by atoms with Gasteiger partial charge in [-0.15, -0.1) is 0 Å². The van der Waals surface area contributed by atoms with E-state index in [1.165, 1.54) is 28.9 Å². The Labute approximate surface area is 193 Å². The zero-order valence-corrected chi connectivity index (χ0v) is 20.7. The molecule has 0 bridgehead atoms. The molecular formula is C26H40N5O+. The van der Waals surface area contributed by atoms with Gasteiger partial charge in [-0.3, -0.25) is 9.69 Å². The predicted molar refractivity (Wildman–Crippen MR) is 130 cm³/mol. The number of nitrogen functional groups attached to an aromatic ring is 1. The third kappa shape index (κ3) is 3.76. The highest BCUT2D eigenvalue weighted by atomic mass is 16.1. The SMILES string of the molecule is CC(=CCN1C[NH+](C)c2ncnc(N)c21)CC[C@@]1(C)[C@H](C)CC[C@@]2(C)C(C)=CC(=O)C[C@H]12. The number of rotatable bonds is 5. The summed E-state index contributed by atoms with van der Waals surface area (Å²) in [4.78, 5) is 24.6. The van der Waals surface area contributed by atoms with E-state index in [0.29, 0.717) is 29.9 Å². The molecule has 0 amide bonds. The molecule has 2 heterocycles. The summed E-state index contributed by atoms with van der Waals surface area (Å²) < 4.78 is 0. The van der Waals surface area contributed by atoms with Crippen LogP contribution in [0.5, 0.6) is 0 Å². The molecule has 0 saturated heterocycles. The van der Waals surface area contributed by atoms with Gasteiger partial charge in [-0.05, 0) is 68.3 Å². The van der Waals surface area contributed by atoms with Gasteiger partial charge in [-0.25, -0.2) is 4.98 Å². The average molecular weight is 439 g/mol. The first kappa shape index (κ1) is 23.0. The molecule has 3 aliphatic rings. The number of aromatic nitrogens is 2. The summed E-state index contributed by atoms with van der Waals surface area (Å²) in [5.41, 5.74) is 10.2. The van der Waals surface area contributed by atoms with Crippen LogP contribution in [-0.2, 0) is 4.79 Å². The van der Waals surface area contributed by atoms with E-state index in [2.05, 4.69) is 62.6 Å². The van der Waals surface area contributed by atoms with Crippen LogP contribution in [0.3, 0.4) is 0 Å². The summed E-state index contributed by atoms with van der Waals surface area (Å²) in [7, 11) is 2.12. The standard InChI is InChI=1S/C26H39N5O/c1-17(9-12-31-16-30(6)24-22(31)23(27)28-15-29-24)7-10-25(4)18(2)8-11-26(5)19(3)13-20(32)14-21(25)26/h9,13,15,18,21H,7-8,10-12,14,16H2,1-6H3,(H2,27,28,29)/p+1/t18-,21-,25+,26+/m1/s1. The van der Waals surface area contributed by atoms with Crippen LogP contribution in [0.2, 0.25) is 0 Å². The number of ketones is 1. The Morgan fingerprint density at radius 2 is 2.12 bits per heavy atom. The zero-order chi connectivity index (χ0) is 23.3. The number of fused-ring (bicyclic) bond motifs is 2. The molecule has 2 aliphatic carbocycles. The van der Waals surface area contributed by atoms with Crippen molar-refractivity contribution in [2.75, 3.05) is 30.9 Å². The largest absolute Gasteiger partial charge is 0.382 e. The van der Waals surface area contributed by atoms with Crippen molar-refractivity contribution < 1.29 is 9.69 Å². The third-order valence-electron chi connectivity index (χ3n) is 9.19. The number of hydrogen-bond donors (Lipinski definition) is 2. The van der Waals surface area contributed by atoms with Crippen molar-refractivity contribution in [2.45, 2.75) is 66.7 Å². The Kier molecular flexibility index (Phi) is 5.95. The van der Waals surface area contributed by atoms with Crippen LogP contribution in [0, 0.1) is 22.7 Å². The smallest absolute Gasteiger partial charge is 0.256 e. The topological polar surface area (TPSA) is 76.6 Å². The second-order valence-electron chi connectivity index (χ2n) is 11.1. The minimum atomic E-state index is 0.164. The van der Waals surface area contributed by atoms with Crippen LogP contribution in [0.1, 0.15) is 66.7 Å². The Hall–Kier alpha value is -2.21. The Balaban J connectivity index is 1.47. The molecule has 1 aromatic rings. The lowest BCUT2D eigenvalue weighted by Gasteiger charge is -2.57. The number of quaternary nitrogens is 1. The third-order valence-corrected chi connectivity index (χ3v) is 9.19. The fourth-order valence-corrected chi connectivity index (χ4v) is 6.56. The molecule has 1 saturated carbocycles. The number of hydrogen-bond acceptors (Lipinski definition) is 5. The minimum Gasteiger partial charge on any atom is -0.382 e. The van der Waals surface area contributed by atoms with E-state index >= 15 is 0 Å². The van der Waals surface area contributed by atoms with Gasteiger partial charge in [0, 0.05) is 13.0 Å². The fourth-order valence-electron chi connectivity index (χ4n) is 6.56. The van der Waals surface area contributed by atoms with Crippen LogP contribution in [0.15, 0.2) is 29.6 Å². The van der Waals surface area contributed by atoms with Gasteiger partial charge in [-0.2, -0.15) is 4.98 Å². The van der Waals surface area contributed by atoms with Crippen molar-refractivity contribution in [2.24, 2.45) is 22.7 Å². The van der Waals surface area contributed by atoms with E-state index in [1.807, 2.05) is 6.08 Å². The van der Waals surface area contributed by atoms with Gasteiger partial charge >= 0.3 is 0 Å². The van der Waals surface area contributed by atoms with Gasteiger partial charge in [0.15, 0.2) is 24.0 Å². The summed E-state index contributed by atoms with van der Waals surface area (Å²) in [5, 5.41) is 0. The number of carbonyl (C=O) groups excluding carboxylic acids is 1. The van der Waals surface area contributed by atoms with E-state index in [0.717, 1.165) is 37.6 Å². The second-order valence-corrected chi connectivity index (χ2v) is 11.1. The monoisotopic (exact) mass is 438 g/mol. The van der Waals surface area contributed by atoms with Crippen LogP contribution in [0.25, 0.3) is 0 Å². The van der Waals surface area contributed by atoms with Gasteiger partial charge < -0.3 is 10.6 Å². The molecule has 6 nitrogen and oxygen atoms in total. The number of nitrogens with one attached hydrogen (secondary N) is 1. The first-order valence-corrected chi connectivity index (χ1v) is 12.1. The molecule has 0 spiro atoms. The number of carbonyl (C=O) groups is 1.